The molecule has 0 spiro atoms. The molecule has 0 bridgehead atoms. The molecule has 3 N–H and O–H groups in total. The van der Waals surface area contributed by atoms with Crippen LogP contribution in [0.15, 0.2) is 16.9 Å². The number of hydrogen-bond acceptors (Lipinski definition) is 3. The fourth-order valence-corrected chi connectivity index (χ4v) is 1.63. The van der Waals surface area contributed by atoms with E-state index in [9.17, 15) is 4.79 Å². The summed E-state index contributed by atoms with van der Waals surface area (Å²) in [6.07, 6.45) is 0. The second-order valence-corrected chi connectivity index (χ2v) is 3.77. The number of nitrogens with two attached hydrogens (primary N) is 1. The van der Waals surface area contributed by atoms with E-state index in [1.807, 2.05) is 26.0 Å². The quantitative estimate of drug-likeness (QED) is 0.761. The number of hydrogen-bond donors (Lipinski definition) is 2. The first-order valence-electron chi connectivity index (χ1n) is 4.93. The van der Waals surface area contributed by atoms with Gasteiger partial charge in [0.1, 0.15) is 0 Å². The van der Waals surface area contributed by atoms with Gasteiger partial charge in [-0.15, -0.1) is 0 Å². The molecule has 0 aliphatic heterocycles. The van der Waals surface area contributed by atoms with Gasteiger partial charge in [-0.05, 0) is 26.0 Å². The van der Waals surface area contributed by atoms with Crippen LogP contribution in [0.5, 0.6) is 0 Å². The highest BCUT2D eigenvalue weighted by atomic mass is 16.1. The van der Waals surface area contributed by atoms with Crippen LogP contribution in [0.4, 0.5) is 0 Å². The van der Waals surface area contributed by atoms with Crippen LogP contribution in [0.3, 0.4) is 0 Å². The highest BCUT2D eigenvalue weighted by molar-refractivity contribution is 5.70. The minimum atomic E-state index is -0.123. The molecular formula is C10H14N4O. The van der Waals surface area contributed by atoms with Crippen molar-refractivity contribution in [3.63, 3.8) is 0 Å². The molecule has 2 aromatic rings. The number of rotatable bonds is 2. The fourth-order valence-electron chi connectivity index (χ4n) is 1.63. The summed E-state index contributed by atoms with van der Waals surface area (Å²) in [5, 5.41) is 0. The predicted octanol–water partition coefficient (Wildman–Crippen LogP) is 0.764. The molecule has 0 fully saturated rings. The van der Waals surface area contributed by atoms with E-state index < -0.39 is 0 Å². The minimum absolute atomic E-state index is 0.0896. The average Bonchev–Trinajstić information content (AvgIpc) is 2.52. The Morgan fingerprint density at radius 2 is 2.27 bits per heavy atom. The third kappa shape index (κ3) is 1.55. The Morgan fingerprint density at radius 1 is 1.53 bits per heavy atom. The first-order chi connectivity index (χ1) is 7.13. The van der Waals surface area contributed by atoms with E-state index in [-0.39, 0.29) is 11.7 Å². The zero-order valence-corrected chi connectivity index (χ0v) is 8.82. The molecule has 0 saturated carbocycles. The van der Waals surface area contributed by atoms with Gasteiger partial charge < -0.3 is 10.7 Å². The van der Waals surface area contributed by atoms with Gasteiger partial charge in [-0.1, -0.05) is 0 Å². The van der Waals surface area contributed by atoms with Crippen molar-refractivity contribution in [2.75, 3.05) is 0 Å². The Hall–Kier alpha value is -1.62. The Balaban J connectivity index is 2.78. The van der Waals surface area contributed by atoms with E-state index >= 15 is 0 Å². The highest BCUT2D eigenvalue weighted by Gasteiger charge is 2.10. The largest absolute Gasteiger partial charge is 0.327 e. The number of aromatic nitrogens is 3. The van der Waals surface area contributed by atoms with Gasteiger partial charge in [0, 0.05) is 12.6 Å². The summed E-state index contributed by atoms with van der Waals surface area (Å²) in [5.41, 5.74) is 7.61. The smallest absolute Gasteiger partial charge is 0.325 e. The first kappa shape index (κ1) is 9.92. The number of nitrogens with one attached hydrogen (secondary N) is 1. The summed E-state index contributed by atoms with van der Waals surface area (Å²) in [4.78, 5) is 18.7. The summed E-state index contributed by atoms with van der Waals surface area (Å²) in [6.45, 7) is 4.28. The third-order valence-electron chi connectivity index (χ3n) is 2.35. The average molecular weight is 206 g/mol. The molecule has 15 heavy (non-hydrogen) atoms. The van der Waals surface area contributed by atoms with Crippen LogP contribution in [-0.4, -0.2) is 14.5 Å². The van der Waals surface area contributed by atoms with Gasteiger partial charge in [-0.2, -0.15) is 0 Å². The lowest BCUT2D eigenvalue weighted by Crippen LogP contribution is -2.19. The molecule has 2 heterocycles. The van der Waals surface area contributed by atoms with Gasteiger partial charge in [0.25, 0.3) is 0 Å². The normalized spacial score (nSPS) is 11.5. The molecule has 0 radical (unpaired) electrons. The SMILES string of the molecule is CC(C)n1c(=O)[nH]c2ccc(CN)nc21. The highest BCUT2D eigenvalue weighted by Crippen LogP contribution is 2.12. The van der Waals surface area contributed by atoms with Crippen molar-refractivity contribution in [1.82, 2.24) is 14.5 Å². The van der Waals surface area contributed by atoms with Gasteiger partial charge in [0.15, 0.2) is 5.65 Å². The molecule has 0 atom stereocenters. The maximum absolute atomic E-state index is 11.6. The number of aromatic amines is 1. The van der Waals surface area contributed by atoms with Gasteiger partial charge in [0.2, 0.25) is 0 Å². The van der Waals surface area contributed by atoms with Crippen molar-refractivity contribution >= 4 is 11.2 Å². The number of pyridine rings is 1. The zero-order valence-electron chi connectivity index (χ0n) is 8.82. The molecule has 0 amide bonds. The van der Waals surface area contributed by atoms with Crippen molar-refractivity contribution in [1.29, 1.82) is 0 Å². The lowest BCUT2D eigenvalue weighted by Gasteiger charge is -2.06. The molecule has 0 unspecified atom stereocenters. The van der Waals surface area contributed by atoms with E-state index in [0.29, 0.717) is 12.2 Å². The van der Waals surface area contributed by atoms with Gasteiger partial charge in [0.05, 0.1) is 11.2 Å². The molecule has 2 aromatic heterocycles. The summed E-state index contributed by atoms with van der Waals surface area (Å²) in [5.74, 6) is 0. The minimum Gasteiger partial charge on any atom is -0.325 e. The number of H-pyrrole nitrogens is 1. The molecule has 5 nitrogen and oxygen atoms in total. The van der Waals surface area contributed by atoms with Crippen LogP contribution >= 0.6 is 0 Å². The van der Waals surface area contributed by atoms with Crippen molar-refractivity contribution in [2.24, 2.45) is 5.73 Å². The first-order valence-corrected chi connectivity index (χ1v) is 4.93. The van der Waals surface area contributed by atoms with Crippen molar-refractivity contribution in [3.8, 4) is 0 Å². The summed E-state index contributed by atoms with van der Waals surface area (Å²) >= 11 is 0. The van der Waals surface area contributed by atoms with Crippen LogP contribution in [0.25, 0.3) is 11.2 Å². The second kappa shape index (κ2) is 3.51. The van der Waals surface area contributed by atoms with Crippen LogP contribution in [-0.2, 0) is 6.54 Å². The fraction of sp³-hybridized carbons (Fsp3) is 0.400. The lowest BCUT2D eigenvalue weighted by molar-refractivity contribution is 0.592. The predicted molar refractivity (Wildman–Crippen MR) is 58.6 cm³/mol. The van der Waals surface area contributed by atoms with Crippen LogP contribution in [0.1, 0.15) is 25.6 Å². The van der Waals surface area contributed by atoms with Gasteiger partial charge in [-0.3, -0.25) is 4.57 Å². The maximum Gasteiger partial charge on any atom is 0.327 e. The number of imidazole rings is 1. The van der Waals surface area contributed by atoms with E-state index in [0.717, 1.165) is 11.2 Å². The summed E-state index contributed by atoms with van der Waals surface area (Å²) in [6, 6.07) is 3.75. The Labute approximate surface area is 86.9 Å². The molecule has 0 aliphatic rings. The Kier molecular flexibility index (Phi) is 2.32. The summed E-state index contributed by atoms with van der Waals surface area (Å²) in [7, 11) is 0. The lowest BCUT2D eigenvalue weighted by atomic mass is 10.3. The monoisotopic (exact) mass is 206 g/mol. The van der Waals surface area contributed by atoms with E-state index in [1.54, 1.807) is 4.57 Å². The van der Waals surface area contributed by atoms with Crippen LogP contribution in [0.2, 0.25) is 0 Å². The summed E-state index contributed by atoms with van der Waals surface area (Å²) < 4.78 is 1.63. The zero-order chi connectivity index (χ0) is 11.0. The molecule has 0 aromatic carbocycles. The molecule has 0 aliphatic carbocycles. The molecule has 5 heteroatoms. The van der Waals surface area contributed by atoms with E-state index in [1.165, 1.54) is 0 Å². The Bertz CT molecular complexity index is 538. The van der Waals surface area contributed by atoms with Crippen LogP contribution < -0.4 is 11.4 Å². The standard InChI is InChI=1S/C10H14N4O/c1-6(2)14-9-8(13-10(14)15)4-3-7(5-11)12-9/h3-4,6H,5,11H2,1-2H3,(H,13,15). The van der Waals surface area contributed by atoms with E-state index in [4.69, 9.17) is 5.73 Å². The van der Waals surface area contributed by atoms with E-state index in [2.05, 4.69) is 9.97 Å². The number of nitrogens with zero attached hydrogens (tertiary/aromatic N) is 2. The van der Waals surface area contributed by atoms with Crippen molar-refractivity contribution in [2.45, 2.75) is 26.4 Å². The van der Waals surface area contributed by atoms with Crippen molar-refractivity contribution < 1.29 is 0 Å². The van der Waals surface area contributed by atoms with Gasteiger partial charge in [-0.25, -0.2) is 9.78 Å². The molecule has 80 valence electrons. The van der Waals surface area contributed by atoms with Crippen LogP contribution in [0, 0.1) is 0 Å². The topological polar surface area (TPSA) is 76.7 Å². The van der Waals surface area contributed by atoms with Crippen molar-refractivity contribution in [3.05, 3.63) is 28.3 Å². The second-order valence-electron chi connectivity index (χ2n) is 3.77. The Morgan fingerprint density at radius 3 is 2.87 bits per heavy atom. The third-order valence-corrected chi connectivity index (χ3v) is 2.35. The number of fused-ring (bicyclic) bond motifs is 1. The maximum atomic E-state index is 11.6. The molecular weight excluding hydrogens is 192 g/mol. The molecule has 0 saturated heterocycles. The van der Waals surface area contributed by atoms with Gasteiger partial charge >= 0.3 is 5.69 Å². The molecule has 2 rings (SSSR count).